The normalized spacial score (nSPS) is 17.3. The summed E-state index contributed by atoms with van der Waals surface area (Å²) in [7, 11) is 0. The largest absolute Gasteiger partial charge is 0.337 e. The van der Waals surface area contributed by atoms with Crippen molar-refractivity contribution in [2.75, 3.05) is 19.6 Å². The Hall–Kier alpha value is -1.27. The standard InChI is InChI=1S/C19H22Cl2N4O.ClH/c20-14-1-2-16(21)13(10-14)9-12-4-7-25(8-5-12)19(26)18-15-11-22-6-3-17(15)23-24-18;/h1-2,10,12,22H,3-9,11H2,(H,23,24);1H. The summed E-state index contributed by atoms with van der Waals surface area (Å²) in [4.78, 5) is 14.8. The van der Waals surface area contributed by atoms with Crippen LogP contribution in [0.3, 0.4) is 0 Å². The Morgan fingerprint density at radius 2 is 2.04 bits per heavy atom. The lowest BCUT2D eigenvalue weighted by atomic mass is 9.90. The predicted molar refractivity (Wildman–Crippen MR) is 110 cm³/mol. The van der Waals surface area contributed by atoms with Gasteiger partial charge in [0.2, 0.25) is 0 Å². The molecule has 0 aliphatic carbocycles. The Bertz CT molecular complexity index is 815. The Morgan fingerprint density at radius 3 is 2.81 bits per heavy atom. The molecule has 0 saturated carbocycles. The summed E-state index contributed by atoms with van der Waals surface area (Å²) in [5.41, 5.74) is 3.81. The first-order valence-electron chi connectivity index (χ1n) is 9.12. The molecule has 0 unspecified atom stereocenters. The molecule has 0 bridgehead atoms. The number of likely N-dealkylation sites (tertiary alicyclic amines) is 1. The van der Waals surface area contributed by atoms with Crippen molar-refractivity contribution in [2.45, 2.75) is 32.2 Å². The van der Waals surface area contributed by atoms with Crippen LogP contribution in [-0.4, -0.2) is 40.6 Å². The zero-order valence-corrected chi connectivity index (χ0v) is 17.3. The maximum Gasteiger partial charge on any atom is 0.274 e. The highest BCUT2D eigenvalue weighted by Crippen LogP contribution is 2.28. The zero-order chi connectivity index (χ0) is 18.1. The van der Waals surface area contributed by atoms with Gasteiger partial charge in [-0.3, -0.25) is 9.89 Å². The van der Waals surface area contributed by atoms with E-state index in [0.29, 0.717) is 16.6 Å². The maximum atomic E-state index is 12.9. The van der Waals surface area contributed by atoms with Crippen LogP contribution in [0, 0.1) is 5.92 Å². The summed E-state index contributed by atoms with van der Waals surface area (Å²) in [5, 5.41) is 12.1. The molecule has 2 N–H and O–H groups in total. The van der Waals surface area contributed by atoms with Crippen LogP contribution in [0.5, 0.6) is 0 Å². The highest BCUT2D eigenvalue weighted by atomic mass is 35.5. The van der Waals surface area contributed by atoms with Crippen molar-refractivity contribution in [1.29, 1.82) is 0 Å². The van der Waals surface area contributed by atoms with Crippen LogP contribution in [0.25, 0.3) is 0 Å². The summed E-state index contributed by atoms with van der Waals surface area (Å²) in [5.74, 6) is 0.565. The molecule has 0 radical (unpaired) electrons. The lowest BCUT2D eigenvalue weighted by molar-refractivity contribution is 0.0683. The van der Waals surface area contributed by atoms with Gasteiger partial charge in [-0.15, -0.1) is 12.4 Å². The molecule has 1 aromatic heterocycles. The molecule has 5 nitrogen and oxygen atoms in total. The Labute approximate surface area is 175 Å². The number of carbonyl (C=O) groups is 1. The van der Waals surface area contributed by atoms with Crippen molar-refractivity contribution >= 4 is 41.5 Å². The summed E-state index contributed by atoms with van der Waals surface area (Å²) in [6.07, 6.45) is 3.75. The lowest BCUT2D eigenvalue weighted by Crippen LogP contribution is -2.39. The van der Waals surface area contributed by atoms with Gasteiger partial charge in [0.15, 0.2) is 5.69 Å². The first-order chi connectivity index (χ1) is 12.6. The van der Waals surface area contributed by atoms with Gasteiger partial charge >= 0.3 is 0 Å². The van der Waals surface area contributed by atoms with Crippen molar-refractivity contribution in [3.8, 4) is 0 Å². The Balaban J connectivity index is 0.00000210. The van der Waals surface area contributed by atoms with Crippen LogP contribution >= 0.6 is 35.6 Å². The molecule has 0 atom stereocenters. The average molecular weight is 430 g/mol. The van der Waals surface area contributed by atoms with Crippen molar-refractivity contribution in [2.24, 2.45) is 5.92 Å². The number of aromatic amines is 1. The van der Waals surface area contributed by atoms with Crippen LogP contribution in [0.2, 0.25) is 10.0 Å². The molecule has 1 saturated heterocycles. The molecule has 2 aliphatic heterocycles. The number of fused-ring (bicyclic) bond motifs is 1. The molecule has 8 heteroatoms. The molecule has 0 spiro atoms. The highest BCUT2D eigenvalue weighted by molar-refractivity contribution is 6.33. The van der Waals surface area contributed by atoms with E-state index >= 15 is 0 Å². The number of hydrogen-bond donors (Lipinski definition) is 2. The number of amides is 1. The van der Waals surface area contributed by atoms with Gasteiger partial charge in [0, 0.05) is 53.9 Å². The summed E-state index contributed by atoms with van der Waals surface area (Å²) in [6, 6.07) is 5.62. The number of carbonyl (C=O) groups excluding carboxylic acids is 1. The monoisotopic (exact) mass is 428 g/mol. The molecular weight excluding hydrogens is 407 g/mol. The zero-order valence-electron chi connectivity index (χ0n) is 14.9. The third-order valence-corrected chi connectivity index (χ3v) is 6.03. The molecule has 27 heavy (non-hydrogen) atoms. The molecule has 2 aromatic rings. The predicted octanol–water partition coefficient (Wildman–Crippen LogP) is 3.88. The summed E-state index contributed by atoms with van der Waals surface area (Å²) in [6.45, 7) is 3.17. The molecule has 1 amide bonds. The van der Waals surface area contributed by atoms with E-state index in [0.717, 1.165) is 73.7 Å². The smallest absolute Gasteiger partial charge is 0.274 e. The Morgan fingerprint density at radius 1 is 1.26 bits per heavy atom. The van der Waals surface area contributed by atoms with E-state index in [1.54, 1.807) is 0 Å². The average Bonchev–Trinajstić information content (AvgIpc) is 3.09. The van der Waals surface area contributed by atoms with Gasteiger partial charge < -0.3 is 10.2 Å². The van der Waals surface area contributed by atoms with Crippen LogP contribution in [0.15, 0.2) is 18.2 Å². The second-order valence-corrected chi connectivity index (χ2v) is 7.98. The van der Waals surface area contributed by atoms with Crippen molar-refractivity contribution in [1.82, 2.24) is 20.4 Å². The van der Waals surface area contributed by atoms with Gasteiger partial charge in [-0.2, -0.15) is 5.10 Å². The number of nitrogens with zero attached hydrogens (tertiary/aromatic N) is 2. The summed E-state index contributed by atoms with van der Waals surface area (Å²) < 4.78 is 0. The van der Waals surface area contributed by atoms with Gasteiger partial charge in [-0.1, -0.05) is 23.2 Å². The van der Waals surface area contributed by atoms with E-state index in [1.165, 1.54) is 0 Å². The minimum Gasteiger partial charge on any atom is -0.337 e. The second kappa shape index (κ2) is 8.82. The van der Waals surface area contributed by atoms with Gasteiger partial charge in [0.05, 0.1) is 0 Å². The number of hydrogen-bond acceptors (Lipinski definition) is 3. The van der Waals surface area contributed by atoms with Gasteiger partial charge in [-0.25, -0.2) is 0 Å². The van der Waals surface area contributed by atoms with Crippen LogP contribution in [0.4, 0.5) is 0 Å². The molecular formula is C19H23Cl3N4O. The fraction of sp³-hybridized carbons (Fsp3) is 0.474. The van der Waals surface area contributed by atoms with E-state index in [1.807, 2.05) is 23.1 Å². The van der Waals surface area contributed by atoms with Crippen LogP contribution in [-0.2, 0) is 19.4 Å². The number of aromatic nitrogens is 2. The molecule has 4 rings (SSSR count). The van der Waals surface area contributed by atoms with Crippen LogP contribution in [0.1, 0.15) is 40.2 Å². The minimum absolute atomic E-state index is 0. The third kappa shape index (κ3) is 4.43. The second-order valence-electron chi connectivity index (χ2n) is 7.13. The van der Waals surface area contributed by atoms with Gasteiger partial charge in [0.1, 0.15) is 0 Å². The van der Waals surface area contributed by atoms with E-state index in [9.17, 15) is 4.79 Å². The van der Waals surface area contributed by atoms with Gasteiger partial charge in [0.25, 0.3) is 5.91 Å². The number of benzene rings is 1. The van der Waals surface area contributed by atoms with Crippen molar-refractivity contribution in [3.63, 3.8) is 0 Å². The Kier molecular flexibility index (Phi) is 6.69. The van der Waals surface area contributed by atoms with E-state index in [-0.39, 0.29) is 18.3 Å². The maximum absolute atomic E-state index is 12.9. The molecule has 2 aliphatic rings. The number of halogens is 3. The fourth-order valence-corrected chi connectivity index (χ4v) is 4.29. The van der Waals surface area contributed by atoms with E-state index in [4.69, 9.17) is 23.2 Å². The SMILES string of the molecule is Cl.O=C(c1n[nH]c2c1CNCC2)N1CCC(Cc2cc(Cl)ccc2Cl)CC1. The first-order valence-corrected chi connectivity index (χ1v) is 9.87. The summed E-state index contributed by atoms with van der Waals surface area (Å²) >= 11 is 12.4. The van der Waals surface area contributed by atoms with Crippen molar-refractivity contribution in [3.05, 3.63) is 50.8 Å². The number of nitrogens with one attached hydrogen (secondary N) is 2. The quantitative estimate of drug-likeness (QED) is 0.778. The highest BCUT2D eigenvalue weighted by Gasteiger charge is 2.29. The third-order valence-electron chi connectivity index (χ3n) is 5.43. The fourth-order valence-electron chi connectivity index (χ4n) is 3.90. The minimum atomic E-state index is 0. The van der Waals surface area contributed by atoms with Crippen LogP contribution < -0.4 is 5.32 Å². The lowest BCUT2D eigenvalue weighted by Gasteiger charge is -2.32. The first kappa shape index (κ1) is 20.5. The van der Waals surface area contributed by atoms with Crippen molar-refractivity contribution < 1.29 is 4.79 Å². The topological polar surface area (TPSA) is 61.0 Å². The van der Waals surface area contributed by atoms with Gasteiger partial charge in [-0.05, 0) is 48.9 Å². The molecule has 1 fully saturated rings. The van der Waals surface area contributed by atoms with E-state index < -0.39 is 0 Å². The molecule has 3 heterocycles. The number of rotatable bonds is 3. The van der Waals surface area contributed by atoms with E-state index in [2.05, 4.69) is 15.5 Å². The number of H-pyrrole nitrogens is 1. The number of piperidine rings is 1. The molecule has 146 valence electrons. The molecule has 1 aromatic carbocycles.